The summed E-state index contributed by atoms with van der Waals surface area (Å²) in [6, 6.07) is 12.2. The zero-order valence-electron chi connectivity index (χ0n) is 17.1. The molecule has 4 rings (SSSR count). The van der Waals surface area contributed by atoms with E-state index in [0.717, 1.165) is 30.4 Å². The second-order valence-corrected chi connectivity index (χ2v) is 8.27. The SMILES string of the molecule is COCCCNC(=S)Nc1nc(Sc2ncccn2)cc(N2Cc3ccccc3C2)n1. The highest BCUT2D eigenvalue weighted by Crippen LogP contribution is 2.31. The minimum absolute atomic E-state index is 0.441. The third-order valence-electron chi connectivity index (χ3n) is 4.63. The predicted octanol–water partition coefficient (Wildman–Crippen LogP) is 3.26. The Hall–Kier alpha value is -2.82. The number of fused-ring (bicyclic) bond motifs is 1. The normalized spacial score (nSPS) is 12.5. The summed E-state index contributed by atoms with van der Waals surface area (Å²) in [5.74, 6) is 1.27. The molecule has 0 aliphatic carbocycles. The van der Waals surface area contributed by atoms with Gasteiger partial charge in [-0.3, -0.25) is 0 Å². The number of thiocarbonyl (C=S) groups is 1. The lowest BCUT2D eigenvalue weighted by Gasteiger charge is -2.18. The molecule has 31 heavy (non-hydrogen) atoms. The van der Waals surface area contributed by atoms with E-state index in [4.69, 9.17) is 21.9 Å². The molecule has 1 aromatic carbocycles. The summed E-state index contributed by atoms with van der Waals surface area (Å²) in [7, 11) is 1.68. The highest BCUT2D eigenvalue weighted by Gasteiger charge is 2.21. The van der Waals surface area contributed by atoms with Crippen molar-refractivity contribution in [3.63, 3.8) is 0 Å². The first kappa shape index (κ1) is 21.4. The Morgan fingerprint density at radius 1 is 1.13 bits per heavy atom. The average Bonchev–Trinajstić information content (AvgIpc) is 3.22. The molecule has 0 saturated carbocycles. The molecule has 0 atom stereocenters. The molecule has 0 bridgehead atoms. The van der Waals surface area contributed by atoms with Crippen molar-refractivity contribution in [3.8, 4) is 0 Å². The van der Waals surface area contributed by atoms with Gasteiger partial charge in [0.05, 0.1) is 0 Å². The molecule has 10 heteroatoms. The molecular weight excluding hydrogens is 430 g/mol. The fourth-order valence-electron chi connectivity index (χ4n) is 3.17. The Bertz CT molecular complexity index is 1010. The number of ether oxygens (including phenoxy) is 1. The standard InChI is InChI=1S/C21H23N7OS2/c1-29-11-5-10-22-20(30)27-19-25-17(28-13-15-6-2-3-7-16(15)14-28)12-18(26-19)31-21-23-8-4-9-24-21/h2-4,6-9,12H,5,10-11,13-14H2,1H3,(H2,22,25,26,27,30). The van der Waals surface area contributed by atoms with Crippen molar-refractivity contribution in [1.82, 2.24) is 25.3 Å². The number of rotatable bonds is 8. The fraction of sp³-hybridized carbons (Fsp3) is 0.286. The van der Waals surface area contributed by atoms with Crippen molar-refractivity contribution < 1.29 is 4.74 Å². The van der Waals surface area contributed by atoms with Crippen molar-refractivity contribution >= 4 is 40.9 Å². The minimum Gasteiger partial charge on any atom is -0.385 e. The monoisotopic (exact) mass is 453 g/mol. The molecule has 160 valence electrons. The number of hydrogen-bond acceptors (Lipinski definition) is 8. The first-order valence-electron chi connectivity index (χ1n) is 9.91. The van der Waals surface area contributed by atoms with E-state index in [2.05, 4.69) is 54.8 Å². The highest BCUT2D eigenvalue weighted by atomic mass is 32.2. The molecule has 1 aliphatic rings. The zero-order valence-corrected chi connectivity index (χ0v) is 18.7. The number of anilines is 2. The van der Waals surface area contributed by atoms with Crippen LogP contribution in [0, 0.1) is 0 Å². The summed E-state index contributed by atoms with van der Waals surface area (Å²) in [5.41, 5.74) is 2.62. The van der Waals surface area contributed by atoms with E-state index in [1.165, 1.54) is 22.9 Å². The van der Waals surface area contributed by atoms with Crippen LogP contribution in [0.4, 0.5) is 11.8 Å². The van der Waals surface area contributed by atoms with Crippen LogP contribution in [0.5, 0.6) is 0 Å². The predicted molar refractivity (Wildman–Crippen MR) is 125 cm³/mol. The Labute approximate surface area is 190 Å². The lowest BCUT2D eigenvalue weighted by molar-refractivity contribution is 0.196. The van der Waals surface area contributed by atoms with Gasteiger partial charge in [0.2, 0.25) is 5.95 Å². The number of hydrogen-bond donors (Lipinski definition) is 2. The van der Waals surface area contributed by atoms with E-state index < -0.39 is 0 Å². The van der Waals surface area contributed by atoms with Crippen LogP contribution in [0.15, 0.2) is 59.0 Å². The van der Waals surface area contributed by atoms with E-state index in [1.807, 2.05) is 6.07 Å². The van der Waals surface area contributed by atoms with Crippen molar-refractivity contribution in [2.24, 2.45) is 0 Å². The summed E-state index contributed by atoms with van der Waals surface area (Å²) < 4.78 is 5.07. The molecule has 0 amide bonds. The molecule has 1 aliphatic heterocycles. The second kappa shape index (κ2) is 10.5. The lowest BCUT2D eigenvalue weighted by Crippen LogP contribution is -2.30. The van der Waals surface area contributed by atoms with Gasteiger partial charge in [-0.15, -0.1) is 0 Å². The molecule has 2 N–H and O–H groups in total. The van der Waals surface area contributed by atoms with Gasteiger partial charge in [0, 0.05) is 51.8 Å². The maximum absolute atomic E-state index is 5.41. The molecule has 0 radical (unpaired) electrons. The van der Waals surface area contributed by atoms with E-state index in [0.29, 0.717) is 29.4 Å². The fourth-order valence-corrected chi connectivity index (χ4v) is 4.08. The molecule has 3 heterocycles. The molecule has 0 fully saturated rings. The number of benzene rings is 1. The third-order valence-corrected chi connectivity index (χ3v) is 5.69. The van der Waals surface area contributed by atoms with E-state index in [9.17, 15) is 0 Å². The zero-order chi connectivity index (χ0) is 21.5. The Kier molecular flexibility index (Phi) is 7.23. The summed E-state index contributed by atoms with van der Waals surface area (Å²) in [4.78, 5) is 20.1. The van der Waals surface area contributed by atoms with Crippen LogP contribution in [-0.2, 0) is 17.8 Å². The topological polar surface area (TPSA) is 88.1 Å². The van der Waals surface area contributed by atoms with E-state index >= 15 is 0 Å². The molecule has 3 aromatic rings. The van der Waals surface area contributed by atoms with Gasteiger partial charge in [-0.2, -0.15) is 4.98 Å². The second-order valence-electron chi connectivity index (χ2n) is 6.87. The summed E-state index contributed by atoms with van der Waals surface area (Å²) in [6.45, 7) is 2.99. The molecule has 0 saturated heterocycles. The maximum atomic E-state index is 5.41. The summed E-state index contributed by atoms with van der Waals surface area (Å²) in [5, 5.41) is 8.11. The smallest absolute Gasteiger partial charge is 0.232 e. The largest absolute Gasteiger partial charge is 0.385 e. The number of nitrogens with zero attached hydrogens (tertiary/aromatic N) is 5. The van der Waals surface area contributed by atoms with Crippen LogP contribution in [-0.4, -0.2) is 45.3 Å². The Balaban J connectivity index is 1.53. The van der Waals surface area contributed by atoms with Crippen molar-refractivity contribution in [2.75, 3.05) is 30.5 Å². The molecule has 8 nitrogen and oxygen atoms in total. The van der Waals surface area contributed by atoms with Gasteiger partial charge >= 0.3 is 0 Å². The summed E-state index contributed by atoms with van der Waals surface area (Å²) in [6.07, 6.45) is 4.29. The Morgan fingerprint density at radius 2 is 1.87 bits per heavy atom. The number of nitrogens with one attached hydrogen (secondary N) is 2. The van der Waals surface area contributed by atoms with Crippen molar-refractivity contribution in [2.45, 2.75) is 29.7 Å². The molecule has 0 spiro atoms. The van der Waals surface area contributed by atoms with Gasteiger partial charge < -0.3 is 20.3 Å². The quantitative estimate of drug-likeness (QED) is 0.229. The molecule has 2 aromatic heterocycles. The van der Waals surface area contributed by atoms with Crippen LogP contribution in [0.2, 0.25) is 0 Å². The maximum Gasteiger partial charge on any atom is 0.232 e. The van der Waals surface area contributed by atoms with Crippen molar-refractivity contribution in [1.29, 1.82) is 0 Å². The Morgan fingerprint density at radius 3 is 2.58 bits per heavy atom. The minimum atomic E-state index is 0.441. The number of aromatic nitrogens is 4. The lowest BCUT2D eigenvalue weighted by atomic mass is 10.1. The van der Waals surface area contributed by atoms with Gasteiger partial charge in [-0.1, -0.05) is 24.3 Å². The number of methoxy groups -OCH3 is 1. The van der Waals surface area contributed by atoms with Gasteiger partial charge in [0.1, 0.15) is 10.8 Å². The van der Waals surface area contributed by atoms with Crippen LogP contribution in [0.3, 0.4) is 0 Å². The van der Waals surface area contributed by atoms with Crippen LogP contribution < -0.4 is 15.5 Å². The van der Waals surface area contributed by atoms with Crippen LogP contribution in [0.25, 0.3) is 0 Å². The van der Waals surface area contributed by atoms with Gasteiger partial charge in [0.25, 0.3) is 0 Å². The van der Waals surface area contributed by atoms with Crippen LogP contribution in [0.1, 0.15) is 17.5 Å². The average molecular weight is 454 g/mol. The molecular formula is C21H23N7OS2. The first-order valence-corrected chi connectivity index (χ1v) is 11.1. The first-order chi connectivity index (χ1) is 15.2. The highest BCUT2D eigenvalue weighted by molar-refractivity contribution is 7.99. The molecule has 0 unspecified atom stereocenters. The van der Waals surface area contributed by atoms with E-state index in [1.54, 1.807) is 25.6 Å². The summed E-state index contributed by atoms with van der Waals surface area (Å²) >= 11 is 6.80. The van der Waals surface area contributed by atoms with Gasteiger partial charge in [-0.05, 0) is 47.6 Å². The third kappa shape index (κ3) is 5.87. The van der Waals surface area contributed by atoms with E-state index in [-0.39, 0.29) is 0 Å². The van der Waals surface area contributed by atoms with Gasteiger partial charge in [-0.25, -0.2) is 15.0 Å². The van der Waals surface area contributed by atoms with Gasteiger partial charge in [0.15, 0.2) is 10.3 Å². The van der Waals surface area contributed by atoms with Crippen LogP contribution >= 0.6 is 24.0 Å². The van der Waals surface area contributed by atoms with Crippen molar-refractivity contribution in [3.05, 3.63) is 59.9 Å².